The molecule has 0 fully saturated rings. The molecule has 1 atom stereocenters. The molecule has 0 aliphatic heterocycles. The first-order valence-electron chi connectivity index (χ1n) is 8.64. The van der Waals surface area contributed by atoms with E-state index in [-0.39, 0.29) is 11.7 Å². The van der Waals surface area contributed by atoms with E-state index in [1.54, 1.807) is 0 Å². The predicted octanol–water partition coefficient (Wildman–Crippen LogP) is 5.40. The second-order valence-corrected chi connectivity index (χ2v) is 6.35. The molecular weight excluding hydrogens is 336 g/mol. The van der Waals surface area contributed by atoms with Crippen LogP contribution in [0.3, 0.4) is 0 Å². The number of hydrogen-bond donors (Lipinski definition) is 0. The number of halogens is 1. The van der Waals surface area contributed by atoms with Crippen LogP contribution in [0.25, 0.3) is 0 Å². The molecule has 0 heterocycles. The van der Waals surface area contributed by atoms with Crippen molar-refractivity contribution in [1.82, 2.24) is 0 Å². The van der Waals surface area contributed by atoms with E-state index in [9.17, 15) is 4.79 Å². The molecule has 4 heteroatoms. The van der Waals surface area contributed by atoms with Gasteiger partial charge < -0.3 is 9.47 Å². The van der Waals surface area contributed by atoms with E-state index in [2.05, 4.69) is 0 Å². The molecule has 0 N–H and O–H groups in total. The summed E-state index contributed by atoms with van der Waals surface area (Å²) < 4.78 is 11.3. The number of benzene rings is 2. The Labute approximate surface area is 154 Å². The molecule has 134 valence electrons. The second kappa shape index (κ2) is 9.71. The summed E-state index contributed by atoms with van der Waals surface area (Å²) in [6.45, 7) is 6.89. The van der Waals surface area contributed by atoms with Crippen molar-refractivity contribution < 1.29 is 14.3 Å². The van der Waals surface area contributed by atoms with E-state index < -0.39 is 6.29 Å². The van der Waals surface area contributed by atoms with Crippen LogP contribution in [0.1, 0.15) is 47.7 Å². The third kappa shape index (κ3) is 5.67. The normalized spacial score (nSPS) is 12.4. The number of hydrogen-bond acceptors (Lipinski definition) is 3. The predicted molar refractivity (Wildman–Crippen MR) is 101 cm³/mol. The lowest BCUT2D eigenvalue weighted by atomic mass is 9.87. The highest BCUT2D eigenvalue weighted by atomic mass is 35.5. The van der Waals surface area contributed by atoms with Gasteiger partial charge in [0.25, 0.3) is 0 Å². The summed E-state index contributed by atoms with van der Waals surface area (Å²) >= 11 is 6.15. The van der Waals surface area contributed by atoms with Crippen molar-refractivity contribution in [2.45, 2.75) is 39.4 Å². The van der Waals surface area contributed by atoms with E-state index in [4.69, 9.17) is 21.1 Å². The van der Waals surface area contributed by atoms with Crippen molar-refractivity contribution in [3.63, 3.8) is 0 Å². The SMILES string of the molecule is CCOC(CC(C(=O)c1cccc(C)c1)c1cccc(Cl)c1)OCC. The van der Waals surface area contributed by atoms with Crippen LogP contribution in [0, 0.1) is 6.92 Å². The van der Waals surface area contributed by atoms with Crippen molar-refractivity contribution in [1.29, 1.82) is 0 Å². The van der Waals surface area contributed by atoms with Gasteiger partial charge in [-0.3, -0.25) is 4.79 Å². The number of carbonyl (C=O) groups is 1. The third-order valence-electron chi connectivity index (χ3n) is 4.00. The minimum absolute atomic E-state index is 0.0513. The highest BCUT2D eigenvalue weighted by Crippen LogP contribution is 2.29. The molecule has 1 unspecified atom stereocenters. The zero-order chi connectivity index (χ0) is 18.2. The van der Waals surface area contributed by atoms with Crippen LogP contribution in [0.15, 0.2) is 48.5 Å². The molecule has 2 rings (SSSR count). The highest BCUT2D eigenvalue weighted by Gasteiger charge is 2.26. The Bertz CT molecular complexity index is 693. The molecule has 2 aromatic rings. The number of ether oxygens (including phenoxy) is 2. The van der Waals surface area contributed by atoms with E-state index in [0.29, 0.717) is 30.2 Å². The Morgan fingerprint density at radius 1 is 1.04 bits per heavy atom. The molecule has 0 radical (unpaired) electrons. The molecule has 3 nitrogen and oxygen atoms in total. The monoisotopic (exact) mass is 360 g/mol. The van der Waals surface area contributed by atoms with Crippen LogP contribution in [-0.2, 0) is 9.47 Å². The molecule has 0 bridgehead atoms. The zero-order valence-electron chi connectivity index (χ0n) is 15.0. The van der Waals surface area contributed by atoms with E-state index in [1.165, 1.54) is 0 Å². The van der Waals surface area contributed by atoms with Crippen molar-refractivity contribution in [3.05, 3.63) is 70.2 Å². The van der Waals surface area contributed by atoms with Crippen molar-refractivity contribution in [2.75, 3.05) is 13.2 Å². The lowest BCUT2D eigenvalue weighted by Gasteiger charge is -2.23. The smallest absolute Gasteiger partial charge is 0.170 e. The Kier molecular flexibility index (Phi) is 7.63. The van der Waals surface area contributed by atoms with E-state index in [1.807, 2.05) is 69.3 Å². The highest BCUT2D eigenvalue weighted by molar-refractivity contribution is 6.30. The molecule has 0 saturated heterocycles. The number of aryl methyl sites for hydroxylation is 1. The van der Waals surface area contributed by atoms with Crippen molar-refractivity contribution in [2.24, 2.45) is 0 Å². The van der Waals surface area contributed by atoms with Gasteiger partial charge in [-0.1, -0.05) is 47.5 Å². The second-order valence-electron chi connectivity index (χ2n) is 5.92. The lowest BCUT2D eigenvalue weighted by molar-refractivity contribution is -0.140. The third-order valence-corrected chi connectivity index (χ3v) is 4.24. The largest absolute Gasteiger partial charge is 0.353 e. The lowest BCUT2D eigenvalue weighted by Crippen LogP contribution is -2.24. The van der Waals surface area contributed by atoms with Crippen LogP contribution in [-0.4, -0.2) is 25.3 Å². The van der Waals surface area contributed by atoms with Gasteiger partial charge in [-0.2, -0.15) is 0 Å². The summed E-state index contributed by atoms with van der Waals surface area (Å²) in [4.78, 5) is 13.2. The van der Waals surface area contributed by atoms with Gasteiger partial charge in [-0.15, -0.1) is 0 Å². The maximum absolute atomic E-state index is 13.2. The summed E-state index contributed by atoms with van der Waals surface area (Å²) in [7, 11) is 0. The van der Waals surface area contributed by atoms with Gasteiger partial charge in [0.15, 0.2) is 12.1 Å². The van der Waals surface area contributed by atoms with Gasteiger partial charge in [-0.05, 0) is 44.5 Å². The molecule has 0 aliphatic rings. The molecule has 0 aliphatic carbocycles. The van der Waals surface area contributed by atoms with Gasteiger partial charge in [0.1, 0.15) is 0 Å². The molecule has 2 aromatic carbocycles. The standard InChI is InChI=1S/C21H25ClO3/c1-4-24-20(25-5-2)14-19(16-9-7-11-18(22)13-16)21(23)17-10-6-8-15(3)12-17/h6-13,19-20H,4-5,14H2,1-3H3. The quantitative estimate of drug-likeness (QED) is 0.443. The molecule has 0 aromatic heterocycles. The Balaban J connectivity index is 2.35. The maximum Gasteiger partial charge on any atom is 0.170 e. The van der Waals surface area contributed by atoms with Crippen LogP contribution < -0.4 is 0 Å². The summed E-state index contributed by atoms with van der Waals surface area (Å²) in [6, 6.07) is 15.1. The zero-order valence-corrected chi connectivity index (χ0v) is 15.8. The van der Waals surface area contributed by atoms with Crippen LogP contribution >= 0.6 is 11.6 Å². The first-order chi connectivity index (χ1) is 12.0. The molecule has 0 saturated carbocycles. The fourth-order valence-corrected chi connectivity index (χ4v) is 3.06. The fourth-order valence-electron chi connectivity index (χ4n) is 2.87. The number of Topliss-reactive ketones (excluding diaryl/α,β-unsaturated/α-hetero) is 1. The fraction of sp³-hybridized carbons (Fsp3) is 0.381. The van der Waals surface area contributed by atoms with Gasteiger partial charge in [0, 0.05) is 30.2 Å². The summed E-state index contributed by atoms with van der Waals surface area (Å²) in [5, 5.41) is 0.615. The van der Waals surface area contributed by atoms with Gasteiger partial charge >= 0.3 is 0 Å². The molecule has 0 amide bonds. The Hall–Kier alpha value is -1.68. The first kappa shape index (κ1) is 19.6. The first-order valence-corrected chi connectivity index (χ1v) is 9.02. The van der Waals surface area contributed by atoms with Crippen molar-refractivity contribution >= 4 is 17.4 Å². The topological polar surface area (TPSA) is 35.5 Å². The minimum atomic E-state index is -0.423. The van der Waals surface area contributed by atoms with Gasteiger partial charge in [0.2, 0.25) is 0 Å². The number of carbonyl (C=O) groups excluding carboxylic acids is 1. The number of ketones is 1. The summed E-state index contributed by atoms with van der Waals surface area (Å²) in [6.07, 6.45) is 0.0298. The molecule has 25 heavy (non-hydrogen) atoms. The summed E-state index contributed by atoms with van der Waals surface area (Å²) in [5.74, 6) is -0.320. The van der Waals surface area contributed by atoms with Crippen LogP contribution in [0.5, 0.6) is 0 Å². The average Bonchev–Trinajstić information content (AvgIpc) is 2.59. The van der Waals surface area contributed by atoms with E-state index in [0.717, 1.165) is 11.1 Å². The Morgan fingerprint density at radius 3 is 2.32 bits per heavy atom. The van der Waals surface area contributed by atoms with Gasteiger partial charge in [-0.25, -0.2) is 0 Å². The average molecular weight is 361 g/mol. The maximum atomic E-state index is 13.2. The Morgan fingerprint density at radius 2 is 1.72 bits per heavy atom. The molecular formula is C21H25ClO3. The minimum Gasteiger partial charge on any atom is -0.353 e. The van der Waals surface area contributed by atoms with E-state index >= 15 is 0 Å². The molecule has 0 spiro atoms. The van der Waals surface area contributed by atoms with Crippen molar-refractivity contribution in [3.8, 4) is 0 Å². The summed E-state index contributed by atoms with van der Waals surface area (Å²) in [5.41, 5.74) is 2.63. The van der Waals surface area contributed by atoms with Crippen LogP contribution in [0.2, 0.25) is 5.02 Å². The van der Waals surface area contributed by atoms with Crippen LogP contribution in [0.4, 0.5) is 0 Å². The number of rotatable bonds is 9. The van der Waals surface area contributed by atoms with Gasteiger partial charge in [0.05, 0.1) is 5.92 Å².